The van der Waals surface area contributed by atoms with Gasteiger partial charge in [0.25, 0.3) is 5.91 Å². The van der Waals surface area contributed by atoms with Gasteiger partial charge in [0.2, 0.25) is 10.0 Å². The lowest BCUT2D eigenvalue weighted by Gasteiger charge is -2.35. The summed E-state index contributed by atoms with van der Waals surface area (Å²) >= 11 is 0. The minimum absolute atomic E-state index is 0.00365. The van der Waals surface area contributed by atoms with E-state index < -0.39 is 22.0 Å². The maximum Gasteiger partial charge on any atom is 0.274 e. The second-order valence-electron chi connectivity index (χ2n) is 6.08. The molecule has 3 rings (SSSR count). The number of amides is 1. The number of nitrogens with two attached hydrogens (primary N) is 1. The zero-order chi connectivity index (χ0) is 16.8. The first-order chi connectivity index (χ1) is 10.8. The van der Waals surface area contributed by atoms with Gasteiger partial charge in [-0.25, -0.2) is 13.4 Å². The number of rotatable bonds is 3. The quantitative estimate of drug-likeness (QED) is 0.777. The highest BCUT2D eigenvalue weighted by atomic mass is 32.2. The number of aromatic nitrogens is 1. The highest BCUT2D eigenvalue weighted by Crippen LogP contribution is 2.27. The molecule has 3 heterocycles. The number of sulfonamides is 1. The maximum absolute atomic E-state index is 12.6. The van der Waals surface area contributed by atoms with Crippen molar-refractivity contribution in [1.82, 2.24) is 14.2 Å². The van der Waals surface area contributed by atoms with Crippen LogP contribution in [0.5, 0.6) is 0 Å². The summed E-state index contributed by atoms with van der Waals surface area (Å²) in [5.74, 6) is -0.397. The molecule has 1 atom stereocenters. The van der Waals surface area contributed by atoms with Gasteiger partial charge in [-0.15, -0.1) is 0 Å². The molecule has 0 spiro atoms. The Balaban J connectivity index is 1.86. The van der Waals surface area contributed by atoms with Crippen LogP contribution in [0.2, 0.25) is 0 Å². The molecular formula is C14H20N4O4S. The number of pyridine rings is 1. The summed E-state index contributed by atoms with van der Waals surface area (Å²) in [6.45, 7) is 2.83. The lowest BCUT2D eigenvalue weighted by atomic mass is 10.1. The smallest absolute Gasteiger partial charge is 0.274 e. The van der Waals surface area contributed by atoms with Gasteiger partial charge in [0.15, 0.2) is 5.69 Å². The molecule has 9 heteroatoms. The number of aliphatic hydroxyl groups is 1. The van der Waals surface area contributed by atoms with Gasteiger partial charge in [0.1, 0.15) is 4.90 Å². The van der Waals surface area contributed by atoms with E-state index in [4.69, 9.17) is 5.73 Å². The Morgan fingerprint density at radius 1 is 1.43 bits per heavy atom. The van der Waals surface area contributed by atoms with Gasteiger partial charge in [0.05, 0.1) is 11.8 Å². The summed E-state index contributed by atoms with van der Waals surface area (Å²) in [5, 5.41) is 9.25. The van der Waals surface area contributed by atoms with Crippen molar-refractivity contribution in [2.45, 2.75) is 36.8 Å². The highest BCUT2D eigenvalue weighted by Gasteiger charge is 2.35. The first-order valence-corrected chi connectivity index (χ1v) is 8.99. The normalized spacial score (nSPS) is 23.0. The van der Waals surface area contributed by atoms with Crippen molar-refractivity contribution >= 4 is 21.6 Å². The predicted molar refractivity (Wildman–Crippen MR) is 83.1 cm³/mol. The fourth-order valence-corrected chi connectivity index (χ4v) is 4.63. The van der Waals surface area contributed by atoms with Crippen molar-refractivity contribution in [3.05, 3.63) is 18.0 Å². The molecule has 8 nitrogen and oxygen atoms in total. The summed E-state index contributed by atoms with van der Waals surface area (Å²) in [6.07, 6.45) is 2.32. The van der Waals surface area contributed by atoms with Crippen molar-refractivity contribution in [2.75, 3.05) is 25.4 Å². The van der Waals surface area contributed by atoms with Crippen LogP contribution in [0.4, 0.5) is 5.69 Å². The van der Waals surface area contributed by atoms with Crippen LogP contribution in [0.3, 0.4) is 0 Å². The number of hydrogen-bond acceptors (Lipinski definition) is 6. The molecule has 2 aliphatic rings. The fourth-order valence-electron chi connectivity index (χ4n) is 2.95. The van der Waals surface area contributed by atoms with Crippen molar-refractivity contribution in [1.29, 1.82) is 0 Å². The Morgan fingerprint density at radius 3 is 2.65 bits per heavy atom. The Kier molecular flexibility index (Phi) is 4.03. The van der Waals surface area contributed by atoms with Gasteiger partial charge in [0, 0.05) is 31.9 Å². The van der Waals surface area contributed by atoms with Crippen LogP contribution < -0.4 is 5.73 Å². The number of aliphatic hydroxyl groups excluding tert-OH is 1. The number of anilines is 1. The van der Waals surface area contributed by atoms with E-state index in [-0.39, 0.29) is 35.4 Å². The van der Waals surface area contributed by atoms with E-state index in [9.17, 15) is 18.3 Å². The molecule has 1 amide bonds. The maximum atomic E-state index is 12.6. The van der Waals surface area contributed by atoms with E-state index in [1.54, 1.807) is 0 Å². The van der Waals surface area contributed by atoms with Gasteiger partial charge < -0.3 is 15.7 Å². The van der Waals surface area contributed by atoms with Crippen molar-refractivity contribution in [3.8, 4) is 0 Å². The number of likely N-dealkylation sites (tertiary alicyclic amines) is 1. The van der Waals surface area contributed by atoms with Crippen LogP contribution in [-0.4, -0.2) is 65.4 Å². The largest absolute Gasteiger partial charge is 0.397 e. The molecule has 1 aromatic rings. The van der Waals surface area contributed by atoms with E-state index >= 15 is 0 Å². The van der Waals surface area contributed by atoms with Gasteiger partial charge in [-0.2, -0.15) is 4.31 Å². The first-order valence-electron chi connectivity index (χ1n) is 7.55. The lowest BCUT2D eigenvalue weighted by molar-refractivity contribution is 0.00557. The number of β-amino-alcohol motifs (C(OH)–C–C–N with tert-alkyl or cyclic N) is 1. The van der Waals surface area contributed by atoms with Crippen LogP contribution in [0.1, 0.15) is 30.3 Å². The molecule has 3 N–H and O–H groups in total. The second kappa shape index (κ2) is 5.73. The Morgan fingerprint density at radius 2 is 2.13 bits per heavy atom. The molecule has 0 aromatic carbocycles. The molecule has 0 aliphatic carbocycles. The molecule has 2 aliphatic heterocycles. The van der Waals surface area contributed by atoms with Crippen LogP contribution in [0.25, 0.3) is 0 Å². The molecule has 23 heavy (non-hydrogen) atoms. The number of carbonyl (C=O) groups is 1. The van der Waals surface area contributed by atoms with Crippen molar-refractivity contribution in [2.24, 2.45) is 0 Å². The third-order valence-corrected chi connectivity index (χ3v) is 6.32. The van der Waals surface area contributed by atoms with Gasteiger partial charge in [-0.05, 0) is 25.8 Å². The second-order valence-corrected chi connectivity index (χ2v) is 7.97. The minimum atomic E-state index is -3.65. The number of nitrogens with zero attached hydrogens (tertiary/aromatic N) is 3. The SMILES string of the molecule is C[C@H]1CCCN1S(=O)(=O)c1cnc(C(=O)N2CC(O)C2)c(N)c1. The average Bonchev–Trinajstić information content (AvgIpc) is 2.90. The van der Waals surface area contributed by atoms with Crippen LogP contribution in [0.15, 0.2) is 17.2 Å². The van der Waals surface area contributed by atoms with E-state index in [0.717, 1.165) is 12.8 Å². The van der Waals surface area contributed by atoms with Crippen molar-refractivity contribution < 1.29 is 18.3 Å². The summed E-state index contributed by atoms with van der Waals surface area (Å²) in [5.41, 5.74) is 5.90. The van der Waals surface area contributed by atoms with Crippen LogP contribution in [-0.2, 0) is 10.0 Å². The first kappa shape index (κ1) is 16.2. The third kappa shape index (κ3) is 2.79. The topological polar surface area (TPSA) is 117 Å². The average molecular weight is 340 g/mol. The van der Waals surface area contributed by atoms with E-state index in [2.05, 4.69) is 4.98 Å². The highest BCUT2D eigenvalue weighted by molar-refractivity contribution is 7.89. The summed E-state index contributed by atoms with van der Waals surface area (Å²) < 4.78 is 26.7. The summed E-state index contributed by atoms with van der Waals surface area (Å²) in [4.78, 5) is 17.6. The minimum Gasteiger partial charge on any atom is -0.397 e. The zero-order valence-corrected chi connectivity index (χ0v) is 13.7. The fraction of sp³-hybridized carbons (Fsp3) is 0.571. The Bertz CT molecular complexity index is 730. The summed E-state index contributed by atoms with van der Waals surface area (Å²) in [7, 11) is -3.65. The molecule has 0 radical (unpaired) electrons. The molecule has 1 aromatic heterocycles. The molecular weight excluding hydrogens is 320 g/mol. The van der Waals surface area contributed by atoms with Gasteiger partial charge in [-0.1, -0.05) is 0 Å². The molecule has 0 unspecified atom stereocenters. The number of hydrogen-bond donors (Lipinski definition) is 2. The molecule has 0 saturated carbocycles. The monoisotopic (exact) mass is 340 g/mol. The summed E-state index contributed by atoms with van der Waals surface area (Å²) in [6, 6.07) is 1.24. The lowest BCUT2D eigenvalue weighted by Crippen LogP contribution is -2.53. The standard InChI is InChI=1S/C14H20N4O4S/c1-9-3-2-4-18(9)23(21,22)11-5-12(15)13(16-6-11)14(20)17-7-10(19)8-17/h5-6,9-10,19H,2-4,7-8,15H2,1H3/t9-/m0/s1. The predicted octanol–water partition coefficient (Wildman–Crippen LogP) is -0.346. The van der Waals surface area contributed by atoms with E-state index in [0.29, 0.717) is 6.54 Å². The van der Waals surface area contributed by atoms with Crippen molar-refractivity contribution in [3.63, 3.8) is 0 Å². The molecule has 2 saturated heterocycles. The molecule has 2 fully saturated rings. The zero-order valence-electron chi connectivity index (χ0n) is 12.8. The number of carbonyl (C=O) groups excluding carboxylic acids is 1. The number of nitrogen functional groups attached to an aromatic ring is 1. The molecule has 126 valence electrons. The van der Waals surface area contributed by atoms with Crippen LogP contribution in [0, 0.1) is 0 Å². The Hall–Kier alpha value is -1.71. The van der Waals surface area contributed by atoms with Crippen LogP contribution >= 0.6 is 0 Å². The Labute approximate surface area is 134 Å². The molecule has 0 bridgehead atoms. The van der Waals surface area contributed by atoms with Gasteiger partial charge in [-0.3, -0.25) is 4.79 Å². The third-order valence-electron chi connectivity index (χ3n) is 4.34. The van der Waals surface area contributed by atoms with E-state index in [1.807, 2.05) is 6.92 Å². The van der Waals surface area contributed by atoms with Gasteiger partial charge >= 0.3 is 0 Å². The van der Waals surface area contributed by atoms with E-state index in [1.165, 1.54) is 21.5 Å².